The molecule has 1 saturated heterocycles. The van der Waals surface area contributed by atoms with Crippen LogP contribution in [0.3, 0.4) is 0 Å². The molecule has 1 aromatic rings. The number of hydrogen-bond donors (Lipinski definition) is 2. The van der Waals surface area contributed by atoms with Crippen molar-refractivity contribution in [1.82, 2.24) is 5.32 Å². The number of rotatable bonds is 6. The Morgan fingerprint density at radius 2 is 1.80 bits per heavy atom. The monoisotopic (exact) mass is 280 g/mol. The first-order valence-electron chi connectivity index (χ1n) is 7.05. The second-order valence-corrected chi connectivity index (χ2v) is 4.94. The normalized spacial score (nSPS) is 18.4. The lowest BCUT2D eigenvalue weighted by Gasteiger charge is -2.24. The summed E-state index contributed by atoms with van der Waals surface area (Å²) >= 11 is 0. The summed E-state index contributed by atoms with van der Waals surface area (Å²) in [6.45, 7) is 2.01. The van der Waals surface area contributed by atoms with Crippen LogP contribution in [-0.4, -0.2) is 40.5 Å². The molecule has 2 N–H and O–H groups in total. The highest BCUT2D eigenvalue weighted by Crippen LogP contribution is 2.39. The molecule has 1 aliphatic heterocycles. The molecular formula is C15H24N2O3. The summed E-state index contributed by atoms with van der Waals surface area (Å²) < 4.78 is 16.0. The fraction of sp³-hybridized carbons (Fsp3) is 0.600. The van der Waals surface area contributed by atoms with Gasteiger partial charge in [-0.3, -0.25) is 0 Å². The van der Waals surface area contributed by atoms with Gasteiger partial charge >= 0.3 is 0 Å². The summed E-state index contributed by atoms with van der Waals surface area (Å²) in [5, 5.41) is 6.96. The van der Waals surface area contributed by atoms with Crippen molar-refractivity contribution in [3.8, 4) is 17.2 Å². The van der Waals surface area contributed by atoms with Crippen molar-refractivity contribution in [1.29, 1.82) is 0 Å². The lowest BCUT2D eigenvalue weighted by molar-refractivity contribution is 0.324. The summed E-state index contributed by atoms with van der Waals surface area (Å²) in [6, 6.07) is 4.40. The van der Waals surface area contributed by atoms with Crippen LogP contribution in [0.4, 0.5) is 5.69 Å². The minimum absolute atomic E-state index is 0.530. The fourth-order valence-electron chi connectivity index (χ4n) is 2.52. The number of ether oxygens (including phenoxy) is 3. The SMILES string of the molecule is COc1cc(NCC2CCCCN2)cc(OC)c1OC. The predicted octanol–water partition coefficient (Wildman–Crippen LogP) is 2.27. The zero-order valence-electron chi connectivity index (χ0n) is 12.5. The van der Waals surface area contributed by atoms with Gasteiger partial charge in [0.05, 0.1) is 21.3 Å². The molecule has 20 heavy (non-hydrogen) atoms. The van der Waals surface area contributed by atoms with Crippen molar-refractivity contribution >= 4 is 5.69 Å². The molecule has 5 nitrogen and oxygen atoms in total. The molecule has 0 aliphatic carbocycles. The molecule has 0 amide bonds. The predicted molar refractivity (Wildman–Crippen MR) is 80.2 cm³/mol. The van der Waals surface area contributed by atoms with Crippen LogP contribution in [0.15, 0.2) is 12.1 Å². The third kappa shape index (κ3) is 3.48. The molecule has 1 unspecified atom stereocenters. The standard InChI is InChI=1S/C15H24N2O3/c1-18-13-8-12(9-14(19-2)15(13)20-3)17-10-11-6-4-5-7-16-11/h8-9,11,16-17H,4-7,10H2,1-3H3. The van der Waals surface area contributed by atoms with E-state index in [1.54, 1.807) is 21.3 Å². The average molecular weight is 280 g/mol. The highest BCUT2D eigenvalue weighted by molar-refractivity contribution is 5.62. The minimum Gasteiger partial charge on any atom is -0.493 e. The molecule has 112 valence electrons. The maximum Gasteiger partial charge on any atom is 0.203 e. The van der Waals surface area contributed by atoms with E-state index >= 15 is 0 Å². The van der Waals surface area contributed by atoms with Crippen LogP contribution in [0.25, 0.3) is 0 Å². The molecule has 1 atom stereocenters. The zero-order chi connectivity index (χ0) is 14.4. The summed E-state index contributed by atoms with van der Waals surface area (Å²) in [6.07, 6.45) is 3.80. The number of anilines is 1. The van der Waals surface area contributed by atoms with Crippen molar-refractivity contribution in [2.45, 2.75) is 25.3 Å². The largest absolute Gasteiger partial charge is 0.493 e. The van der Waals surface area contributed by atoms with Crippen LogP contribution in [0.1, 0.15) is 19.3 Å². The molecule has 0 spiro atoms. The van der Waals surface area contributed by atoms with Crippen LogP contribution in [0.5, 0.6) is 17.2 Å². The molecule has 1 aliphatic rings. The molecule has 2 rings (SSSR count). The van der Waals surface area contributed by atoms with E-state index < -0.39 is 0 Å². The molecule has 5 heteroatoms. The molecule has 1 heterocycles. The molecular weight excluding hydrogens is 256 g/mol. The third-order valence-electron chi connectivity index (χ3n) is 3.63. The van der Waals surface area contributed by atoms with Crippen LogP contribution in [0.2, 0.25) is 0 Å². The van der Waals surface area contributed by atoms with Crippen molar-refractivity contribution in [2.75, 3.05) is 39.7 Å². The number of benzene rings is 1. The van der Waals surface area contributed by atoms with Gasteiger partial charge in [0.1, 0.15) is 0 Å². The number of piperidine rings is 1. The lowest BCUT2D eigenvalue weighted by atomic mass is 10.1. The first kappa shape index (κ1) is 14.8. The van der Waals surface area contributed by atoms with E-state index in [4.69, 9.17) is 14.2 Å². The number of hydrogen-bond acceptors (Lipinski definition) is 5. The Morgan fingerprint density at radius 1 is 1.10 bits per heavy atom. The zero-order valence-corrected chi connectivity index (χ0v) is 12.5. The highest BCUT2D eigenvalue weighted by atomic mass is 16.5. The second kappa shape index (κ2) is 7.24. The lowest BCUT2D eigenvalue weighted by Crippen LogP contribution is -2.39. The number of methoxy groups -OCH3 is 3. The number of nitrogens with one attached hydrogen (secondary N) is 2. The van der Waals surface area contributed by atoms with Crippen LogP contribution in [0, 0.1) is 0 Å². The quantitative estimate of drug-likeness (QED) is 0.837. The van der Waals surface area contributed by atoms with Gasteiger partial charge in [-0.2, -0.15) is 0 Å². The van der Waals surface area contributed by atoms with Gasteiger partial charge in [0.25, 0.3) is 0 Å². The highest BCUT2D eigenvalue weighted by Gasteiger charge is 2.15. The molecule has 0 radical (unpaired) electrons. The Morgan fingerprint density at radius 3 is 2.30 bits per heavy atom. The van der Waals surface area contributed by atoms with Gasteiger partial charge < -0.3 is 24.8 Å². The van der Waals surface area contributed by atoms with Gasteiger partial charge in [-0.15, -0.1) is 0 Å². The molecule has 0 bridgehead atoms. The summed E-state index contributed by atoms with van der Waals surface area (Å²) in [7, 11) is 4.87. The van der Waals surface area contributed by atoms with Gasteiger partial charge in [-0.25, -0.2) is 0 Å². The van der Waals surface area contributed by atoms with E-state index in [0.717, 1.165) is 18.8 Å². The van der Waals surface area contributed by atoms with Crippen molar-refractivity contribution in [3.05, 3.63) is 12.1 Å². The molecule has 1 aromatic carbocycles. The van der Waals surface area contributed by atoms with Gasteiger partial charge in [0, 0.05) is 30.4 Å². The first-order chi connectivity index (χ1) is 9.78. The van der Waals surface area contributed by atoms with Gasteiger partial charge in [0.2, 0.25) is 5.75 Å². The minimum atomic E-state index is 0.530. The van der Waals surface area contributed by atoms with Crippen molar-refractivity contribution < 1.29 is 14.2 Å². The third-order valence-corrected chi connectivity index (χ3v) is 3.63. The summed E-state index contributed by atoms with van der Waals surface area (Å²) in [5.74, 6) is 1.97. The van der Waals surface area contributed by atoms with E-state index in [1.165, 1.54) is 19.3 Å². The van der Waals surface area contributed by atoms with Gasteiger partial charge in [-0.05, 0) is 19.4 Å². The first-order valence-corrected chi connectivity index (χ1v) is 7.05. The Kier molecular flexibility index (Phi) is 5.35. The summed E-state index contributed by atoms with van der Waals surface area (Å²) in [4.78, 5) is 0. The smallest absolute Gasteiger partial charge is 0.203 e. The van der Waals surface area contributed by atoms with E-state index in [-0.39, 0.29) is 0 Å². The summed E-state index contributed by atoms with van der Waals surface area (Å²) in [5.41, 5.74) is 0.979. The topological polar surface area (TPSA) is 51.8 Å². The van der Waals surface area contributed by atoms with Crippen LogP contribution >= 0.6 is 0 Å². The average Bonchev–Trinajstić information content (AvgIpc) is 2.52. The molecule has 0 saturated carbocycles. The Labute approximate surface area is 120 Å². The van der Waals surface area contributed by atoms with E-state index in [1.807, 2.05) is 12.1 Å². The maximum absolute atomic E-state index is 5.35. The van der Waals surface area contributed by atoms with Crippen LogP contribution in [-0.2, 0) is 0 Å². The Balaban J connectivity index is 2.06. The van der Waals surface area contributed by atoms with E-state index in [2.05, 4.69) is 10.6 Å². The Hall–Kier alpha value is -1.62. The van der Waals surface area contributed by atoms with E-state index in [0.29, 0.717) is 23.3 Å². The van der Waals surface area contributed by atoms with Gasteiger partial charge in [0.15, 0.2) is 11.5 Å². The fourth-order valence-corrected chi connectivity index (χ4v) is 2.52. The Bertz CT molecular complexity index is 406. The van der Waals surface area contributed by atoms with Crippen molar-refractivity contribution in [2.24, 2.45) is 0 Å². The molecule has 0 aromatic heterocycles. The maximum atomic E-state index is 5.35. The van der Waals surface area contributed by atoms with Crippen molar-refractivity contribution in [3.63, 3.8) is 0 Å². The van der Waals surface area contributed by atoms with E-state index in [9.17, 15) is 0 Å². The van der Waals surface area contributed by atoms with Gasteiger partial charge in [-0.1, -0.05) is 6.42 Å². The molecule has 1 fully saturated rings. The van der Waals surface area contributed by atoms with Crippen LogP contribution < -0.4 is 24.8 Å². The second-order valence-electron chi connectivity index (χ2n) is 4.94.